The second-order valence-corrected chi connectivity index (χ2v) is 6.65. The molecule has 18 heavy (non-hydrogen) atoms. The summed E-state index contributed by atoms with van der Waals surface area (Å²) in [6.07, 6.45) is 5.29. The van der Waals surface area contributed by atoms with Crippen LogP contribution in [0.2, 0.25) is 0 Å². The molecule has 2 rings (SSSR count). The lowest BCUT2D eigenvalue weighted by molar-refractivity contribution is 0.00578. The molecule has 4 heteroatoms. The van der Waals surface area contributed by atoms with E-state index in [-0.39, 0.29) is 18.3 Å². The first kappa shape index (κ1) is 14.1. The van der Waals surface area contributed by atoms with E-state index in [9.17, 15) is 5.11 Å². The fourth-order valence-electron chi connectivity index (χ4n) is 2.43. The average molecular weight is 252 g/mol. The minimum Gasteiger partial charge on any atom is -0.400 e. The van der Waals surface area contributed by atoms with E-state index in [0.29, 0.717) is 6.42 Å². The molecule has 1 saturated heterocycles. The first-order valence-electron chi connectivity index (χ1n) is 6.96. The maximum absolute atomic E-state index is 10.2. The fraction of sp³-hybridized carbons (Fsp3) is 0.857. The van der Waals surface area contributed by atoms with E-state index in [1.807, 2.05) is 6.92 Å². The van der Waals surface area contributed by atoms with Gasteiger partial charge in [-0.05, 0) is 58.9 Å². The van der Waals surface area contributed by atoms with Crippen molar-refractivity contribution in [1.82, 2.24) is 0 Å². The van der Waals surface area contributed by atoms with Gasteiger partial charge in [0.05, 0.1) is 16.8 Å². The summed E-state index contributed by atoms with van der Waals surface area (Å²) in [7, 11) is -0.239. The van der Waals surface area contributed by atoms with Crippen molar-refractivity contribution in [3.63, 3.8) is 0 Å². The normalized spacial score (nSPS) is 34.6. The zero-order valence-electron chi connectivity index (χ0n) is 12.2. The fourth-order valence-corrected chi connectivity index (χ4v) is 2.43. The van der Waals surface area contributed by atoms with Crippen LogP contribution in [-0.2, 0) is 9.31 Å². The lowest BCUT2D eigenvalue weighted by Gasteiger charge is -2.32. The van der Waals surface area contributed by atoms with Crippen LogP contribution in [-0.4, -0.2) is 29.0 Å². The molecule has 1 atom stereocenters. The quantitative estimate of drug-likeness (QED) is 0.768. The smallest absolute Gasteiger partial charge is 0.400 e. The number of rotatable bonds is 2. The van der Waals surface area contributed by atoms with Crippen molar-refractivity contribution in [2.75, 3.05) is 0 Å². The summed E-state index contributed by atoms with van der Waals surface area (Å²) in [6, 6.07) is 0. The SMILES string of the molecule is CCC1(O)CC=C(B2OC(C)(C)C(C)(C)O2)CC1. The Balaban J connectivity index is 2.08. The van der Waals surface area contributed by atoms with Crippen LogP contribution in [0.3, 0.4) is 0 Å². The van der Waals surface area contributed by atoms with Gasteiger partial charge < -0.3 is 14.4 Å². The van der Waals surface area contributed by atoms with Crippen LogP contribution < -0.4 is 0 Å². The standard InChI is InChI=1S/C14H25BO3/c1-6-14(16)9-7-11(8-10-14)15-17-12(2,3)13(4,5)18-15/h7,16H,6,8-10H2,1-5H3. The molecule has 102 valence electrons. The molecule has 2 aliphatic rings. The molecule has 0 bridgehead atoms. The van der Waals surface area contributed by atoms with Gasteiger partial charge in [-0.25, -0.2) is 0 Å². The van der Waals surface area contributed by atoms with E-state index in [0.717, 1.165) is 19.3 Å². The second-order valence-electron chi connectivity index (χ2n) is 6.65. The predicted octanol–water partition coefficient (Wildman–Crippen LogP) is 2.87. The number of hydrogen-bond donors (Lipinski definition) is 1. The summed E-state index contributed by atoms with van der Waals surface area (Å²) in [4.78, 5) is 0. The highest BCUT2D eigenvalue weighted by molar-refractivity contribution is 6.54. The van der Waals surface area contributed by atoms with E-state index >= 15 is 0 Å². The molecule has 1 aliphatic heterocycles. The van der Waals surface area contributed by atoms with Gasteiger partial charge in [0.15, 0.2) is 0 Å². The molecule has 0 spiro atoms. The Morgan fingerprint density at radius 2 is 1.78 bits per heavy atom. The van der Waals surface area contributed by atoms with Gasteiger partial charge in [0, 0.05) is 0 Å². The van der Waals surface area contributed by atoms with Gasteiger partial charge in [0.25, 0.3) is 0 Å². The predicted molar refractivity (Wildman–Crippen MR) is 73.3 cm³/mol. The molecule has 0 aromatic rings. The molecule has 1 unspecified atom stereocenters. The third-order valence-corrected chi connectivity index (χ3v) is 4.84. The molecular weight excluding hydrogens is 227 g/mol. The van der Waals surface area contributed by atoms with Gasteiger partial charge in [-0.2, -0.15) is 0 Å². The molecule has 1 N–H and O–H groups in total. The van der Waals surface area contributed by atoms with Crippen molar-refractivity contribution < 1.29 is 14.4 Å². The Labute approximate surface area is 111 Å². The molecule has 0 radical (unpaired) electrons. The van der Waals surface area contributed by atoms with E-state index in [1.54, 1.807) is 0 Å². The van der Waals surface area contributed by atoms with Crippen LogP contribution in [0, 0.1) is 0 Å². The summed E-state index contributed by atoms with van der Waals surface area (Å²) in [5, 5.41) is 10.2. The van der Waals surface area contributed by atoms with Crippen molar-refractivity contribution >= 4 is 7.12 Å². The van der Waals surface area contributed by atoms with E-state index in [1.165, 1.54) is 5.47 Å². The average Bonchev–Trinajstić information content (AvgIpc) is 2.49. The number of aliphatic hydroxyl groups is 1. The highest BCUT2D eigenvalue weighted by Gasteiger charge is 2.52. The van der Waals surface area contributed by atoms with E-state index in [2.05, 4.69) is 33.8 Å². The first-order valence-corrected chi connectivity index (χ1v) is 6.96. The zero-order valence-corrected chi connectivity index (χ0v) is 12.2. The number of allylic oxidation sites excluding steroid dienone is 1. The van der Waals surface area contributed by atoms with Gasteiger partial charge in [0.2, 0.25) is 0 Å². The summed E-state index contributed by atoms with van der Waals surface area (Å²) in [6.45, 7) is 10.3. The topological polar surface area (TPSA) is 38.7 Å². The summed E-state index contributed by atoms with van der Waals surface area (Å²) >= 11 is 0. The van der Waals surface area contributed by atoms with Gasteiger partial charge >= 0.3 is 7.12 Å². The Kier molecular flexibility index (Phi) is 3.42. The molecule has 0 aromatic carbocycles. The van der Waals surface area contributed by atoms with Crippen molar-refractivity contribution in [2.45, 2.75) is 77.1 Å². The summed E-state index contributed by atoms with van der Waals surface area (Å²) in [5.41, 5.74) is 0.105. The third-order valence-electron chi connectivity index (χ3n) is 4.84. The highest BCUT2D eigenvalue weighted by Crippen LogP contribution is 2.41. The van der Waals surface area contributed by atoms with Crippen molar-refractivity contribution in [2.24, 2.45) is 0 Å². The van der Waals surface area contributed by atoms with Crippen LogP contribution in [0.5, 0.6) is 0 Å². The molecule has 0 aromatic heterocycles. The molecule has 1 aliphatic carbocycles. The van der Waals surface area contributed by atoms with Gasteiger partial charge in [-0.3, -0.25) is 0 Å². The minimum atomic E-state index is -0.521. The molecule has 1 heterocycles. The second kappa shape index (κ2) is 4.36. The monoisotopic (exact) mass is 252 g/mol. The van der Waals surface area contributed by atoms with Crippen molar-refractivity contribution in [1.29, 1.82) is 0 Å². The molecule has 3 nitrogen and oxygen atoms in total. The van der Waals surface area contributed by atoms with Gasteiger partial charge in [-0.15, -0.1) is 0 Å². The third kappa shape index (κ3) is 2.38. The van der Waals surface area contributed by atoms with Crippen LogP contribution in [0.15, 0.2) is 11.5 Å². The molecule has 0 saturated carbocycles. The van der Waals surface area contributed by atoms with Crippen molar-refractivity contribution in [3.05, 3.63) is 11.5 Å². The highest BCUT2D eigenvalue weighted by atomic mass is 16.7. The largest absolute Gasteiger partial charge is 0.490 e. The molecule has 0 amide bonds. The Morgan fingerprint density at radius 3 is 2.17 bits per heavy atom. The molecule has 1 fully saturated rings. The summed E-state index contributed by atoms with van der Waals surface area (Å²) in [5.74, 6) is 0. The Morgan fingerprint density at radius 1 is 1.22 bits per heavy atom. The Bertz CT molecular complexity index is 346. The van der Waals surface area contributed by atoms with Crippen LogP contribution in [0.25, 0.3) is 0 Å². The number of hydrogen-bond acceptors (Lipinski definition) is 3. The van der Waals surface area contributed by atoms with Crippen LogP contribution in [0.1, 0.15) is 60.3 Å². The molecular formula is C14H25BO3. The maximum atomic E-state index is 10.2. The van der Waals surface area contributed by atoms with Crippen LogP contribution in [0.4, 0.5) is 0 Å². The zero-order chi connectivity index (χ0) is 13.6. The summed E-state index contributed by atoms with van der Waals surface area (Å²) < 4.78 is 12.1. The van der Waals surface area contributed by atoms with E-state index in [4.69, 9.17) is 9.31 Å². The lowest BCUT2D eigenvalue weighted by atomic mass is 9.69. The van der Waals surface area contributed by atoms with Crippen LogP contribution >= 0.6 is 0 Å². The lowest BCUT2D eigenvalue weighted by Crippen LogP contribution is -2.41. The van der Waals surface area contributed by atoms with Gasteiger partial charge in [-0.1, -0.05) is 13.0 Å². The Hall–Kier alpha value is -0.315. The van der Waals surface area contributed by atoms with E-state index < -0.39 is 5.60 Å². The first-order chi connectivity index (χ1) is 8.19. The van der Waals surface area contributed by atoms with Gasteiger partial charge in [0.1, 0.15) is 0 Å². The maximum Gasteiger partial charge on any atom is 0.490 e. The minimum absolute atomic E-state index is 0.239. The van der Waals surface area contributed by atoms with Crippen molar-refractivity contribution in [3.8, 4) is 0 Å².